The summed E-state index contributed by atoms with van der Waals surface area (Å²) in [5.41, 5.74) is 0.575. The van der Waals surface area contributed by atoms with E-state index in [1.807, 2.05) is 18.2 Å². The SMILES string of the molecule is O=C(Cn1c(-c2ccccc2)ncc(C(=O)NC2CC2)c1=O)Nc1ccc(Cl)cc1. The average Bonchev–Trinajstić information content (AvgIpc) is 3.55. The second-order valence-corrected chi connectivity index (χ2v) is 7.49. The van der Waals surface area contributed by atoms with E-state index in [4.69, 9.17) is 11.6 Å². The molecule has 0 aliphatic heterocycles. The predicted octanol–water partition coefficient (Wildman–Crippen LogP) is 3.09. The van der Waals surface area contributed by atoms with Crippen LogP contribution < -0.4 is 16.2 Å². The molecule has 0 saturated heterocycles. The molecule has 3 aromatic rings. The minimum atomic E-state index is -0.562. The number of nitrogens with zero attached hydrogens (tertiary/aromatic N) is 2. The van der Waals surface area contributed by atoms with Crippen LogP contribution in [0.15, 0.2) is 65.6 Å². The van der Waals surface area contributed by atoms with E-state index in [-0.39, 0.29) is 18.2 Å². The zero-order valence-electron chi connectivity index (χ0n) is 16.0. The smallest absolute Gasteiger partial charge is 0.267 e. The van der Waals surface area contributed by atoms with Crippen LogP contribution >= 0.6 is 11.6 Å². The van der Waals surface area contributed by atoms with E-state index < -0.39 is 17.4 Å². The summed E-state index contributed by atoms with van der Waals surface area (Å²) in [6.45, 7) is -0.288. The molecule has 2 N–H and O–H groups in total. The standard InChI is InChI=1S/C22H19ClN4O3/c23-15-6-8-16(9-7-15)25-19(28)13-27-20(14-4-2-1-3-5-14)24-12-18(22(27)30)21(29)26-17-10-11-17/h1-9,12,17H,10-11,13H2,(H,25,28)(H,26,29). The molecular formula is C22H19ClN4O3. The van der Waals surface area contributed by atoms with E-state index in [1.54, 1.807) is 36.4 Å². The van der Waals surface area contributed by atoms with Crippen molar-refractivity contribution in [2.45, 2.75) is 25.4 Å². The number of halogens is 1. The molecule has 7 nitrogen and oxygen atoms in total. The minimum absolute atomic E-state index is 0.0825. The molecule has 1 heterocycles. The van der Waals surface area contributed by atoms with Gasteiger partial charge in [-0.2, -0.15) is 0 Å². The number of amides is 2. The van der Waals surface area contributed by atoms with E-state index >= 15 is 0 Å². The molecule has 30 heavy (non-hydrogen) atoms. The van der Waals surface area contributed by atoms with Crippen molar-refractivity contribution in [1.82, 2.24) is 14.9 Å². The average molecular weight is 423 g/mol. The number of carbonyl (C=O) groups excluding carboxylic acids is 2. The quantitative estimate of drug-likeness (QED) is 0.638. The Bertz CT molecular complexity index is 1140. The van der Waals surface area contributed by atoms with Crippen LogP contribution in [0, 0.1) is 0 Å². The van der Waals surface area contributed by atoms with Crippen LogP contribution in [-0.2, 0) is 11.3 Å². The lowest BCUT2D eigenvalue weighted by molar-refractivity contribution is -0.116. The maximum atomic E-state index is 13.1. The van der Waals surface area contributed by atoms with E-state index in [1.165, 1.54) is 10.8 Å². The van der Waals surface area contributed by atoms with Crippen LogP contribution in [0.25, 0.3) is 11.4 Å². The van der Waals surface area contributed by atoms with E-state index in [2.05, 4.69) is 15.6 Å². The van der Waals surface area contributed by atoms with Crippen molar-refractivity contribution in [2.24, 2.45) is 0 Å². The van der Waals surface area contributed by atoms with E-state index in [9.17, 15) is 14.4 Å². The van der Waals surface area contributed by atoms with Gasteiger partial charge in [0.25, 0.3) is 11.5 Å². The minimum Gasteiger partial charge on any atom is -0.349 e. The van der Waals surface area contributed by atoms with Gasteiger partial charge >= 0.3 is 0 Å². The maximum absolute atomic E-state index is 13.1. The highest BCUT2D eigenvalue weighted by Gasteiger charge is 2.26. The molecule has 4 rings (SSSR count). The maximum Gasteiger partial charge on any atom is 0.267 e. The third-order valence-corrected chi connectivity index (χ3v) is 4.92. The number of aromatic nitrogens is 2. The Balaban J connectivity index is 1.67. The monoisotopic (exact) mass is 422 g/mol. The molecule has 0 spiro atoms. The van der Waals surface area contributed by atoms with Crippen LogP contribution in [0.1, 0.15) is 23.2 Å². The molecule has 0 unspecified atom stereocenters. The largest absolute Gasteiger partial charge is 0.349 e. The Labute approximate surface area is 177 Å². The summed E-state index contributed by atoms with van der Waals surface area (Å²) in [5.74, 6) is -0.575. The zero-order valence-corrected chi connectivity index (χ0v) is 16.7. The summed E-state index contributed by atoms with van der Waals surface area (Å²) in [6.07, 6.45) is 3.08. The molecule has 2 amide bonds. The highest BCUT2D eigenvalue weighted by molar-refractivity contribution is 6.30. The highest BCUT2D eigenvalue weighted by atomic mass is 35.5. The Morgan fingerprint density at radius 2 is 1.77 bits per heavy atom. The first-order chi connectivity index (χ1) is 14.5. The Hall–Kier alpha value is -3.45. The lowest BCUT2D eigenvalue weighted by Gasteiger charge is -2.14. The summed E-state index contributed by atoms with van der Waals surface area (Å²) in [7, 11) is 0. The third kappa shape index (κ3) is 4.58. The van der Waals surface area contributed by atoms with Crippen molar-refractivity contribution in [1.29, 1.82) is 0 Å². The predicted molar refractivity (Wildman–Crippen MR) is 115 cm³/mol. The molecule has 0 atom stereocenters. The van der Waals surface area contributed by atoms with Gasteiger partial charge in [0.05, 0.1) is 0 Å². The lowest BCUT2D eigenvalue weighted by atomic mass is 10.2. The van der Waals surface area contributed by atoms with Gasteiger partial charge in [0.15, 0.2) is 0 Å². The van der Waals surface area contributed by atoms with Gasteiger partial charge in [0.1, 0.15) is 17.9 Å². The van der Waals surface area contributed by atoms with Crippen LogP contribution in [0.5, 0.6) is 0 Å². The van der Waals surface area contributed by atoms with Crippen molar-refractivity contribution >= 4 is 29.1 Å². The first kappa shape index (κ1) is 19.8. The van der Waals surface area contributed by atoms with Gasteiger partial charge in [-0.1, -0.05) is 41.9 Å². The fourth-order valence-corrected chi connectivity index (χ4v) is 3.11. The third-order valence-electron chi connectivity index (χ3n) is 4.67. The van der Waals surface area contributed by atoms with Gasteiger partial charge in [-0.3, -0.25) is 19.0 Å². The van der Waals surface area contributed by atoms with Crippen LogP contribution in [0.3, 0.4) is 0 Å². The first-order valence-corrected chi connectivity index (χ1v) is 9.90. The topological polar surface area (TPSA) is 93.1 Å². The van der Waals surface area contributed by atoms with Gasteiger partial charge in [-0.15, -0.1) is 0 Å². The number of carbonyl (C=O) groups is 2. The first-order valence-electron chi connectivity index (χ1n) is 9.53. The number of anilines is 1. The summed E-state index contributed by atoms with van der Waals surface area (Å²) in [6, 6.07) is 15.8. The molecule has 2 aromatic carbocycles. The molecule has 1 fully saturated rings. The molecule has 152 valence electrons. The van der Waals surface area contributed by atoms with Crippen LogP contribution in [-0.4, -0.2) is 27.4 Å². The number of hydrogen-bond donors (Lipinski definition) is 2. The summed E-state index contributed by atoms with van der Waals surface area (Å²) in [5, 5.41) is 6.07. The molecule has 1 aromatic heterocycles. The number of benzene rings is 2. The summed E-state index contributed by atoms with van der Waals surface area (Å²) in [4.78, 5) is 42.5. The Kier molecular flexibility index (Phi) is 5.63. The molecular weight excluding hydrogens is 404 g/mol. The van der Waals surface area contributed by atoms with Gasteiger partial charge in [-0.05, 0) is 37.1 Å². The fraction of sp³-hybridized carbons (Fsp3) is 0.182. The van der Waals surface area contributed by atoms with Crippen molar-refractivity contribution in [2.75, 3.05) is 5.32 Å². The van der Waals surface area contributed by atoms with Crippen molar-refractivity contribution in [3.8, 4) is 11.4 Å². The molecule has 8 heteroatoms. The number of nitrogens with one attached hydrogen (secondary N) is 2. The van der Waals surface area contributed by atoms with Gasteiger partial charge < -0.3 is 10.6 Å². The van der Waals surface area contributed by atoms with Gasteiger partial charge in [0.2, 0.25) is 5.91 Å². The molecule has 1 aliphatic rings. The van der Waals surface area contributed by atoms with Crippen molar-refractivity contribution in [3.05, 3.63) is 81.7 Å². The summed E-state index contributed by atoms with van der Waals surface area (Å²) >= 11 is 5.87. The molecule has 0 radical (unpaired) electrons. The molecule has 1 aliphatic carbocycles. The lowest BCUT2D eigenvalue weighted by Crippen LogP contribution is -2.37. The second kappa shape index (κ2) is 8.51. The van der Waals surface area contributed by atoms with E-state index in [0.29, 0.717) is 22.1 Å². The molecule has 0 bridgehead atoms. The zero-order chi connectivity index (χ0) is 21.1. The van der Waals surface area contributed by atoms with Crippen molar-refractivity contribution in [3.63, 3.8) is 0 Å². The summed E-state index contributed by atoms with van der Waals surface area (Å²) < 4.78 is 1.22. The fourth-order valence-electron chi connectivity index (χ4n) is 2.98. The van der Waals surface area contributed by atoms with Crippen LogP contribution in [0.2, 0.25) is 5.02 Å². The normalized spacial score (nSPS) is 13.0. The van der Waals surface area contributed by atoms with Gasteiger partial charge in [0, 0.05) is 28.5 Å². The van der Waals surface area contributed by atoms with E-state index in [0.717, 1.165) is 12.8 Å². The Morgan fingerprint density at radius 1 is 1.07 bits per heavy atom. The molecule has 1 saturated carbocycles. The Morgan fingerprint density at radius 3 is 2.43 bits per heavy atom. The van der Waals surface area contributed by atoms with Gasteiger partial charge in [-0.25, -0.2) is 4.98 Å². The second-order valence-electron chi connectivity index (χ2n) is 7.06. The number of rotatable bonds is 6. The van der Waals surface area contributed by atoms with Crippen molar-refractivity contribution < 1.29 is 9.59 Å². The number of hydrogen-bond acceptors (Lipinski definition) is 4. The van der Waals surface area contributed by atoms with Crippen LogP contribution in [0.4, 0.5) is 5.69 Å². The highest BCUT2D eigenvalue weighted by Crippen LogP contribution is 2.20.